The minimum absolute atomic E-state index is 0.183. The number of anilines is 1. The standard InChI is InChI=1S/C18H20ClFN2O2/c1-12(18(23)21-16-7-5-4-6-15(16)20)22(2)11-13-10-14(19)8-9-17(13)24-3/h4-10,12H,11H2,1-3H3,(H,21,23)/p+1/t12-/m1/s1. The van der Waals surface area contributed by atoms with Crippen LogP contribution in [0.2, 0.25) is 5.02 Å². The van der Waals surface area contributed by atoms with Gasteiger partial charge in [0.25, 0.3) is 5.91 Å². The minimum Gasteiger partial charge on any atom is -0.496 e. The fourth-order valence-corrected chi connectivity index (χ4v) is 2.56. The van der Waals surface area contributed by atoms with Gasteiger partial charge in [-0.2, -0.15) is 0 Å². The molecule has 0 saturated heterocycles. The lowest BCUT2D eigenvalue weighted by atomic mass is 10.1. The Labute approximate surface area is 146 Å². The Morgan fingerprint density at radius 3 is 2.71 bits per heavy atom. The highest BCUT2D eigenvalue weighted by molar-refractivity contribution is 6.30. The first-order valence-corrected chi connectivity index (χ1v) is 8.00. The number of carbonyl (C=O) groups excluding carboxylic acids is 1. The van der Waals surface area contributed by atoms with E-state index in [0.29, 0.717) is 11.6 Å². The molecule has 2 rings (SSSR count). The van der Waals surface area contributed by atoms with Crippen LogP contribution in [0.25, 0.3) is 0 Å². The van der Waals surface area contributed by atoms with Crippen molar-refractivity contribution in [3.8, 4) is 5.75 Å². The second-order valence-corrected chi connectivity index (χ2v) is 6.11. The number of para-hydroxylation sites is 1. The quantitative estimate of drug-likeness (QED) is 0.840. The molecular weight excluding hydrogens is 331 g/mol. The van der Waals surface area contributed by atoms with Crippen LogP contribution in [0.5, 0.6) is 5.75 Å². The highest BCUT2D eigenvalue weighted by Gasteiger charge is 2.24. The maximum absolute atomic E-state index is 13.7. The van der Waals surface area contributed by atoms with E-state index in [9.17, 15) is 9.18 Å². The van der Waals surface area contributed by atoms with Gasteiger partial charge in [-0.05, 0) is 37.3 Å². The number of ether oxygens (including phenoxy) is 1. The third-order valence-corrected chi connectivity index (χ3v) is 4.21. The van der Waals surface area contributed by atoms with E-state index in [0.717, 1.165) is 16.2 Å². The summed E-state index contributed by atoms with van der Waals surface area (Å²) in [7, 11) is 3.49. The lowest BCUT2D eigenvalue weighted by Crippen LogP contribution is -3.12. The van der Waals surface area contributed by atoms with Crippen LogP contribution < -0.4 is 15.0 Å². The topological polar surface area (TPSA) is 42.8 Å². The van der Waals surface area contributed by atoms with Gasteiger partial charge in [0.1, 0.15) is 18.1 Å². The summed E-state index contributed by atoms with van der Waals surface area (Å²) in [6.45, 7) is 2.35. The molecule has 0 heterocycles. The van der Waals surface area contributed by atoms with Crippen molar-refractivity contribution in [3.63, 3.8) is 0 Å². The fraction of sp³-hybridized carbons (Fsp3) is 0.278. The zero-order valence-electron chi connectivity index (χ0n) is 13.9. The normalized spacial score (nSPS) is 13.2. The molecule has 0 fully saturated rings. The molecule has 1 unspecified atom stereocenters. The molecule has 0 aliphatic carbocycles. The average molecular weight is 352 g/mol. The molecule has 0 radical (unpaired) electrons. The molecule has 2 N–H and O–H groups in total. The number of hydrogen-bond donors (Lipinski definition) is 2. The summed E-state index contributed by atoms with van der Waals surface area (Å²) in [5.74, 6) is 0.0197. The van der Waals surface area contributed by atoms with E-state index < -0.39 is 5.82 Å². The third kappa shape index (κ3) is 4.46. The Morgan fingerprint density at radius 1 is 1.33 bits per heavy atom. The molecule has 1 amide bonds. The average Bonchev–Trinajstić information content (AvgIpc) is 2.56. The van der Waals surface area contributed by atoms with Gasteiger partial charge >= 0.3 is 0 Å². The third-order valence-electron chi connectivity index (χ3n) is 3.98. The molecule has 0 bridgehead atoms. The molecule has 2 atom stereocenters. The maximum Gasteiger partial charge on any atom is 0.282 e. The number of nitrogens with one attached hydrogen (secondary N) is 2. The second-order valence-electron chi connectivity index (χ2n) is 5.67. The van der Waals surface area contributed by atoms with E-state index in [1.807, 2.05) is 13.1 Å². The van der Waals surface area contributed by atoms with E-state index in [-0.39, 0.29) is 17.6 Å². The summed E-state index contributed by atoms with van der Waals surface area (Å²) in [4.78, 5) is 13.3. The van der Waals surface area contributed by atoms with Gasteiger partial charge in [0, 0.05) is 10.6 Å². The second kappa shape index (κ2) is 8.13. The van der Waals surface area contributed by atoms with Gasteiger partial charge in [0.05, 0.1) is 19.8 Å². The van der Waals surface area contributed by atoms with Crippen LogP contribution in [0.15, 0.2) is 42.5 Å². The van der Waals surface area contributed by atoms with Crippen LogP contribution in [0.4, 0.5) is 10.1 Å². The molecule has 0 aromatic heterocycles. The van der Waals surface area contributed by atoms with Gasteiger partial charge in [-0.25, -0.2) is 4.39 Å². The molecule has 2 aromatic rings. The van der Waals surface area contributed by atoms with Crippen LogP contribution in [0.1, 0.15) is 12.5 Å². The Hall–Kier alpha value is -2.11. The summed E-state index contributed by atoms with van der Waals surface area (Å²) in [5, 5.41) is 3.24. The highest BCUT2D eigenvalue weighted by atomic mass is 35.5. The summed E-state index contributed by atoms with van der Waals surface area (Å²) in [6, 6.07) is 11.1. The van der Waals surface area contributed by atoms with Gasteiger partial charge in [-0.1, -0.05) is 23.7 Å². The zero-order valence-corrected chi connectivity index (χ0v) is 14.7. The molecule has 6 heteroatoms. The van der Waals surface area contributed by atoms with Crippen LogP contribution in [0, 0.1) is 5.82 Å². The number of halogens is 2. The van der Waals surface area contributed by atoms with Crippen molar-refractivity contribution in [3.05, 3.63) is 58.9 Å². The lowest BCUT2D eigenvalue weighted by Gasteiger charge is -2.22. The number of quaternary nitrogens is 1. The van der Waals surface area contributed by atoms with E-state index in [4.69, 9.17) is 16.3 Å². The number of rotatable bonds is 6. The summed E-state index contributed by atoms with van der Waals surface area (Å²) < 4.78 is 19.0. The number of methoxy groups -OCH3 is 1. The number of benzene rings is 2. The number of carbonyl (C=O) groups is 1. The summed E-state index contributed by atoms with van der Waals surface area (Å²) in [6.07, 6.45) is 0. The molecule has 24 heavy (non-hydrogen) atoms. The predicted molar refractivity (Wildman–Crippen MR) is 93.1 cm³/mol. The Morgan fingerprint density at radius 2 is 2.04 bits per heavy atom. The van der Waals surface area contributed by atoms with E-state index in [2.05, 4.69) is 5.32 Å². The smallest absolute Gasteiger partial charge is 0.282 e. The molecule has 0 aliphatic rings. The SMILES string of the molecule is COc1ccc(Cl)cc1C[NH+](C)[C@H](C)C(=O)Nc1ccccc1F. The van der Waals surface area contributed by atoms with Crippen molar-refractivity contribution in [2.24, 2.45) is 0 Å². The monoisotopic (exact) mass is 351 g/mol. The molecule has 0 saturated carbocycles. The first-order valence-electron chi connectivity index (χ1n) is 7.62. The van der Waals surface area contributed by atoms with Gasteiger partial charge in [-0.15, -0.1) is 0 Å². The Balaban J connectivity index is 2.06. The molecule has 128 valence electrons. The van der Waals surface area contributed by atoms with E-state index >= 15 is 0 Å². The number of likely N-dealkylation sites (N-methyl/N-ethyl adjacent to an activating group) is 1. The van der Waals surface area contributed by atoms with Crippen molar-refractivity contribution < 1.29 is 18.8 Å². The Kier molecular flexibility index (Phi) is 6.17. The van der Waals surface area contributed by atoms with E-state index in [1.54, 1.807) is 38.3 Å². The molecular formula is C18H21ClFN2O2+. The molecule has 4 nitrogen and oxygen atoms in total. The number of hydrogen-bond acceptors (Lipinski definition) is 2. The Bertz CT molecular complexity index is 724. The summed E-state index contributed by atoms with van der Waals surface area (Å²) in [5.41, 5.74) is 1.09. The van der Waals surface area contributed by atoms with E-state index in [1.165, 1.54) is 12.1 Å². The van der Waals surface area contributed by atoms with Crippen LogP contribution in [0.3, 0.4) is 0 Å². The molecule has 2 aromatic carbocycles. The first-order chi connectivity index (χ1) is 11.4. The van der Waals surface area contributed by atoms with Crippen LogP contribution >= 0.6 is 11.6 Å². The maximum atomic E-state index is 13.7. The zero-order chi connectivity index (χ0) is 17.7. The largest absolute Gasteiger partial charge is 0.496 e. The van der Waals surface area contributed by atoms with Crippen LogP contribution in [-0.2, 0) is 11.3 Å². The van der Waals surface area contributed by atoms with Crippen molar-refractivity contribution in [2.45, 2.75) is 19.5 Å². The van der Waals surface area contributed by atoms with Gasteiger partial charge in [-0.3, -0.25) is 4.79 Å². The van der Waals surface area contributed by atoms with Gasteiger partial charge in [0.15, 0.2) is 6.04 Å². The predicted octanol–water partition coefficient (Wildman–Crippen LogP) is 2.53. The first kappa shape index (κ1) is 18.2. The minimum atomic E-state index is -0.452. The van der Waals surface area contributed by atoms with Crippen molar-refractivity contribution >= 4 is 23.2 Å². The number of amides is 1. The van der Waals surface area contributed by atoms with Crippen LogP contribution in [-0.4, -0.2) is 26.1 Å². The molecule has 0 aliphatic heterocycles. The fourth-order valence-electron chi connectivity index (χ4n) is 2.37. The summed E-state index contributed by atoms with van der Waals surface area (Å²) >= 11 is 6.04. The van der Waals surface area contributed by atoms with Gasteiger partial charge < -0.3 is 15.0 Å². The lowest BCUT2D eigenvalue weighted by molar-refractivity contribution is -0.907. The van der Waals surface area contributed by atoms with Crippen molar-refractivity contribution in [1.29, 1.82) is 0 Å². The van der Waals surface area contributed by atoms with Crippen molar-refractivity contribution in [2.75, 3.05) is 19.5 Å². The van der Waals surface area contributed by atoms with Gasteiger partial charge in [0.2, 0.25) is 0 Å². The highest BCUT2D eigenvalue weighted by Crippen LogP contribution is 2.21. The van der Waals surface area contributed by atoms with Crippen molar-refractivity contribution in [1.82, 2.24) is 0 Å². The molecule has 0 spiro atoms.